The molecule has 0 radical (unpaired) electrons. The van der Waals surface area contributed by atoms with Crippen LogP contribution in [0.25, 0.3) is 120 Å². The van der Waals surface area contributed by atoms with Crippen LogP contribution < -0.4 is 0 Å². The molecule has 0 bridgehead atoms. The molecule has 0 unspecified atom stereocenters. The summed E-state index contributed by atoms with van der Waals surface area (Å²) in [4.78, 5) is 0. The number of aryl methyl sites for hydroxylation is 4. The van der Waals surface area contributed by atoms with Gasteiger partial charge in [0.1, 0.15) is 0 Å². The molecule has 1 aliphatic rings. The van der Waals surface area contributed by atoms with Crippen LogP contribution in [0.2, 0.25) is 0 Å². The van der Waals surface area contributed by atoms with Crippen LogP contribution in [0.1, 0.15) is 216 Å². The monoisotopic (exact) mass is 1440 g/mol. The highest BCUT2D eigenvalue weighted by atomic mass is 14.2. The molecular weight excluding hydrogens is 1300 g/mol. The molecule has 0 amide bonds. The van der Waals surface area contributed by atoms with Crippen molar-refractivity contribution in [3.8, 4) is 44.5 Å². The number of rotatable bonds is 2. The predicted molar refractivity (Wildman–Crippen MR) is 508 cm³/mol. The Morgan fingerprint density at radius 3 is 0.731 bits per heavy atom. The van der Waals surface area contributed by atoms with Gasteiger partial charge in [-0.1, -0.05) is 502 Å². The maximum atomic E-state index is 2.30. The molecule has 0 saturated carbocycles. The van der Waals surface area contributed by atoms with E-state index in [9.17, 15) is 0 Å². The Kier molecular flexibility index (Phi) is 60.9. The van der Waals surface area contributed by atoms with Crippen LogP contribution >= 0.6 is 0 Å². The van der Waals surface area contributed by atoms with Crippen molar-refractivity contribution >= 4 is 75.4 Å². The highest BCUT2D eigenvalue weighted by Gasteiger charge is 2.20. The second-order valence-corrected chi connectivity index (χ2v) is 21.0. The average Bonchev–Trinajstić information content (AvgIpc) is 1.02. The molecule has 0 heterocycles. The largest absolute Gasteiger partial charge is 0.0683 e. The van der Waals surface area contributed by atoms with Gasteiger partial charge in [-0.25, -0.2) is 0 Å². The molecule has 0 atom stereocenters. The standard InChI is InChI=1S/2C19H14.C19H16.C16H10.C7H8.14C2H6/c1-13-7-6-12-18-16-9-3-2-8-14(16)15-10-4-5-11-17(15)19(13)18;1-13-10-11-18-16-8-3-2-6-14(16)15-7-4-5-9-17(15)19(18)12-13;1-15-12-18(16-8-4-2-5-9-16)14-19(13-15)17-10-6-3-7-11-17;1-2-8-13-12(7-1)14-9-3-5-11-6-4-10-15(13)16(11)14;1-7-5-3-2-4-6-7;14*1-2/h2*2-12H,1H3;2-14H,1H3;1-10H;2-6H,1H3;14*1-2H3. The van der Waals surface area contributed by atoms with Gasteiger partial charge < -0.3 is 0 Å². The first-order valence-corrected chi connectivity index (χ1v) is 41.8. The molecule has 0 aliphatic heterocycles. The van der Waals surface area contributed by atoms with E-state index in [4.69, 9.17) is 0 Å². The second kappa shape index (κ2) is 64.3. The van der Waals surface area contributed by atoms with Crippen LogP contribution in [0.15, 0.2) is 303 Å². The number of fused-ring (bicyclic) bond motifs is 15. The summed E-state index contributed by atoms with van der Waals surface area (Å²) in [5.74, 6) is 0. The van der Waals surface area contributed by atoms with Crippen LogP contribution in [-0.2, 0) is 0 Å². The van der Waals surface area contributed by atoms with Crippen molar-refractivity contribution < 1.29 is 0 Å². The van der Waals surface area contributed by atoms with Gasteiger partial charge in [-0.05, 0) is 165 Å². The molecule has 0 nitrogen and oxygen atoms in total. The topological polar surface area (TPSA) is 0 Å². The molecule has 0 saturated heterocycles. The van der Waals surface area contributed by atoms with Gasteiger partial charge in [-0.3, -0.25) is 0 Å². The van der Waals surface area contributed by atoms with Crippen molar-refractivity contribution in [2.24, 2.45) is 0 Å². The minimum Gasteiger partial charge on any atom is -0.0683 e. The van der Waals surface area contributed by atoms with E-state index < -0.39 is 0 Å². The van der Waals surface area contributed by atoms with E-state index in [0.717, 1.165) is 0 Å². The maximum Gasteiger partial charge on any atom is -0.00264 e. The summed E-state index contributed by atoms with van der Waals surface area (Å²) in [6.45, 7) is 64.6. The van der Waals surface area contributed by atoms with Crippen LogP contribution in [0, 0.1) is 27.7 Å². The Labute approximate surface area is 662 Å². The first-order valence-electron chi connectivity index (χ1n) is 41.8. The molecule has 16 rings (SSSR count). The van der Waals surface area contributed by atoms with Gasteiger partial charge in [0.15, 0.2) is 0 Å². The summed E-state index contributed by atoms with van der Waals surface area (Å²) < 4.78 is 0. The lowest BCUT2D eigenvalue weighted by Gasteiger charge is -2.11. The van der Waals surface area contributed by atoms with Gasteiger partial charge in [-0.15, -0.1) is 0 Å². The lowest BCUT2D eigenvalue weighted by atomic mass is 9.92. The third kappa shape index (κ3) is 29.4. The fraction of sp³-hybridized carbons (Fsp3) is 0.296. The summed E-state index contributed by atoms with van der Waals surface area (Å²) in [5.41, 5.74) is 15.9. The third-order valence-corrected chi connectivity index (χ3v) is 15.5. The lowest BCUT2D eigenvalue weighted by molar-refractivity contribution is 1.46. The van der Waals surface area contributed by atoms with Crippen LogP contribution in [0.5, 0.6) is 0 Å². The van der Waals surface area contributed by atoms with E-state index in [1.165, 1.54) is 142 Å². The minimum absolute atomic E-state index is 1.27. The highest BCUT2D eigenvalue weighted by Crippen LogP contribution is 2.47. The fourth-order valence-electron chi connectivity index (χ4n) is 11.8. The molecule has 0 spiro atoms. The predicted octanol–water partition coefficient (Wildman–Crippen LogP) is 37.1. The molecule has 1 aliphatic carbocycles. The number of hydrogen-bond acceptors (Lipinski definition) is 0. The van der Waals surface area contributed by atoms with Gasteiger partial charge in [0.05, 0.1) is 0 Å². The van der Waals surface area contributed by atoms with Gasteiger partial charge in [0.25, 0.3) is 0 Å². The van der Waals surface area contributed by atoms with E-state index in [1.54, 1.807) is 0 Å². The van der Waals surface area contributed by atoms with E-state index >= 15 is 0 Å². The van der Waals surface area contributed by atoms with Crippen LogP contribution in [0.4, 0.5) is 0 Å². The SMILES string of the molecule is CC.CC.CC.CC.CC.CC.CC.CC.CC.CC.CC.CC.CC.CC.Cc1cc(-c2ccccc2)cc(-c2ccccc2)c1.Cc1ccc2c3ccccc3c3ccccc3c2c1.Cc1cccc2c3ccccc3c3ccccc3c12.Cc1ccccc1.c1ccc2c(c1)-c1cccc3cccc-2c13. The summed E-state index contributed by atoms with van der Waals surface area (Å²) >= 11 is 0. The molecule has 0 fully saturated rings. The van der Waals surface area contributed by atoms with Gasteiger partial charge in [0, 0.05) is 0 Å². The zero-order valence-corrected chi connectivity index (χ0v) is 73.9. The van der Waals surface area contributed by atoms with Crippen molar-refractivity contribution in [1.82, 2.24) is 0 Å². The Morgan fingerprint density at radius 1 is 0.139 bits per heavy atom. The highest BCUT2D eigenvalue weighted by molar-refractivity contribution is 6.27. The Morgan fingerprint density at radius 2 is 0.398 bits per heavy atom. The fourth-order valence-corrected chi connectivity index (χ4v) is 11.8. The Balaban J connectivity index is -0.00000120. The van der Waals surface area contributed by atoms with E-state index in [2.05, 4.69) is 313 Å². The number of hydrogen-bond donors (Lipinski definition) is 0. The first-order chi connectivity index (χ1) is 53.4. The Bertz CT molecular complexity index is 4410. The van der Waals surface area contributed by atoms with Crippen molar-refractivity contribution in [2.75, 3.05) is 0 Å². The van der Waals surface area contributed by atoms with E-state index in [0.29, 0.717) is 0 Å². The van der Waals surface area contributed by atoms with E-state index in [-0.39, 0.29) is 0 Å². The molecule has 15 aromatic carbocycles. The molecule has 0 heteroatoms. The van der Waals surface area contributed by atoms with Gasteiger partial charge in [0.2, 0.25) is 0 Å². The second-order valence-electron chi connectivity index (χ2n) is 21.0. The maximum absolute atomic E-state index is 2.30. The summed E-state index contributed by atoms with van der Waals surface area (Å²) in [6, 6.07) is 108. The smallest absolute Gasteiger partial charge is 0.00264 e. The molecule has 0 N–H and O–H groups in total. The first kappa shape index (κ1) is 102. The van der Waals surface area contributed by atoms with Crippen LogP contribution in [0.3, 0.4) is 0 Å². The van der Waals surface area contributed by atoms with Crippen molar-refractivity contribution in [3.05, 3.63) is 326 Å². The van der Waals surface area contributed by atoms with Crippen molar-refractivity contribution in [2.45, 2.75) is 222 Å². The van der Waals surface area contributed by atoms with Gasteiger partial charge in [-0.2, -0.15) is 0 Å². The average molecular weight is 1440 g/mol. The van der Waals surface area contributed by atoms with Crippen molar-refractivity contribution in [3.63, 3.8) is 0 Å². The normalized spacial score (nSPS) is 8.93. The lowest BCUT2D eigenvalue weighted by Crippen LogP contribution is -1.85. The van der Waals surface area contributed by atoms with E-state index in [1.807, 2.05) is 212 Å². The number of benzene rings is 15. The molecule has 15 aromatic rings. The van der Waals surface area contributed by atoms with Gasteiger partial charge >= 0.3 is 0 Å². The molecule has 108 heavy (non-hydrogen) atoms. The van der Waals surface area contributed by atoms with Crippen molar-refractivity contribution in [1.29, 1.82) is 0 Å². The quantitative estimate of drug-likeness (QED) is 0.151. The zero-order valence-electron chi connectivity index (χ0n) is 73.9. The zero-order chi connectivity index (χ0) is 82.4. The van der Waals surface area contributed by atoms with Crippen LogP contribution in [-0.4, -0.2) is 0 Å². The summed E-state index contributed by atoms with van der Waals surface area (Å²) in [6.07, 6.45) is 0. The molecule has 0 aromatic heterocycles. The summed E-state index contributed by atoms with van der Waals surface area (Å²) in [5, 5.41) is 19.0. The molecular formula is C108H146. The Hall–Kier alpha value is -9.88. The third-order valence-electron chi connectivity index (χ3n) is 15.5. The minimum atomic E-state index is 1.27. The summed E-state index contributed by atoms with van der Waals surface area (Å²) in [7, 11) is 0. The molecule has 578 valence electrons.